The molecule has 2 nitrogen and oxygen atoms in total. The van der Waals surface area contributed by atoms with E-state index in [1.54, 1.807) is 0 Å². The van der Waals surface area contributed by atoms with Crippen molar-refractivity contribution in [2.75, 3.05) is 6.61 Å². The summed E-state index contributed by atoms with van der Waals surface area (Å²) in [6.45, 7) is 14.1. The molecule has 0 radical (unpaired) electrons. The molecular formula is C11H20O2. The number of carbonyl (C=O) groups is 1. The van der Waals surface area contributed by atoms with Crippen molar-refractivity contribution in [2.45, 2.75) is 34.6 Å². The summed E-state index contributed by atoms with van der Waals surface area (Å²) in [5.74, 6) is 0.0953. The SMILES string of the molecule is C=C(C(=O)OCC(C)C)C(C)(C)C. The van der Waals surface area contributed by atoms with E-state index in [0.717, 1.165) is 0 Å². The van der Waals surface area contributed by atoms with Gasteiger partial charge in [-0.05, 0) is 11.3 Å². The lowest BCUT2D eigenvalue weighted by Crippen LogP contribution is -2.20. The Morgan fingerprint density at radius 3 is 2.15 bits per heavy atom. The molecule has 0 aromatic heterocycles. The predicted octanol–water partition coefficient (Wildman–Crippen LogP) is 2.79. The Labute approximate surface area is 81.0 Å². The first kappa shape index (κ1) is 12.2. The molecule has 2 heteroatoms. The minimum atomic E-state index is -0.277. The molecule has 76 valence electrons. The van der Waals surface area contributed by atoms with Gasteiger partial charge in [0, 0.05) is 5.57 Å². The van der Waals surface area contributed by atoms with Crippen molar-refractivity contribution in [1.29, 1.82) is 0 Å². The van der Waals surface area contributed by atoms with Gasteiger partial charge in [0.1, 0.15) is 0 Å². The zero-order chi connectivity index (χ0) is 10.6. The topological polar surface area (TPSA) is 26.3 Å². The molecule has 0 saturated carbocycles. The van der Waals surface area contributed by atoms with Gasteiger partial charge in [0.2, 0.25) is 0 Å². The molecule has 0 aromatic rings. The zero-order valence-corrected chi connectivity index (χ0v) is 9.31. The molecule has 0 aromatic carbocycles. The van der Waals surface area contributed by atoms with Gasteiger partial charge < -0.3 is 4.74 Å². The lowest BCUT2D eigenvalue weighted by Gasteiger charge is -2.20. The van der Waals surface area contributed by atoms with Crippen LogP contribution in [0.1, 0.15) is 34.6 Å². The summed E-state index contributed by atoms with van der Waals surface area (Å²) >= 11 is 0. The average Bonchev–Trinajstić information content (AvgIpc) is 1.96. The smallest absolute Gasteiger partial charge is 0.333 e. The maximum atomic E-state index is 11.4. The Balaban J connectivity index is 4.06. The van der Waals surface area contributed by atoms with E-state index in [4.69, 9.17) is 4.74 Å². The highest BCUT2D eigenvalue weighted by molar-refractivity contribution is 5.88. The normalized spacial score (nSPS) is 11.5. The van der Waals surface area contributed by atoms with Crippen molar-refractivity contribution < 1.29 is 9.53 Å². The molecule has 13 heavy (non-hydrogen) atoms. The highest BCUT2D eigenvalue weighted by Gasteiger charge is 2.22. The minimum Gasteiger partial charge on any atom is -0.462 e. The summed E-state index contributed by atoms with van der Waals surface area (Å²) in [5.41, 5.74) is 0.335. The lowest BCUT2D eigenvalue weighted by atomic mass is 9.88. The molecule has 0 heterocycles. The number of rotatable bonds is 3. The van der Waals surface area contributed by atoms with Crippen LogP contribution in [0.4, 0.5) is 0 Å². The third-order valence-corrected chi connectivity index (χ3v) is 1.70. The molecular weight excluding hydrogens is 164 g/mol. The molecule has 0 saturated heterocycles. The van der Waals surface area contributed by atoms with Crippen LogP contribution >= 0.6 is 0 Å². The fourth-order valence-corrected chi connectivity index (χ4v) is 0.636. The van der Waals surface area contributed by atoms with Crippen LogP contribution in [0.25, 0.3) is 0 Å². The fraction of sp³-hybridized carbons (Fsp3) is 0.727. The van der Waals surface area contributed by atoms with Crippen molar-refractivity contribution in [3.63, 3.8) is 0 Å². The van der Waals surface area contributed by atoms with Gasteiger partial charge in [0.25, 0.3) is 0 Å². The number of hydrogen-bond donors (Lipinski definition) is 0. The van der Waals surface area contributed by atoms with Crippen molar-refractivity contribution >= 4 is 5.97 Å². The van der Waals surface area contributed by atoms with E-state index in [-0.39, 0.29) is 11.4 Å². The Hall–Kier alpha value is -0.790. The van der Waals surface area contributed by atoms with Crippen LogP contribution in [0.3, 0.4) is 0 Å². The molecule has 0 fully saturated rings. The van der Waals surface area contributed by atoms with Gasteiger partial charge in [0.05, 0.1) is 6.61 Å². The van der Waals surface area contributed by atoms with Gasteiger partial charge in [-0.2, -0.15) is 0 Å². The van der Waals surface area contributed by atoms with E-state index >= 15 is 0 Å². The maximum Gasteiger partial charge on any atom is 0.333 e. The lowest BCUT2D eigenvalue weighted by molar-refractivity contribution is -0.141. The van der Waals surface area contributed by atoms with Crippen LogP contribution in [-0.4, -0.2) is 12.6 Å². The fourth-order valence-electron chi connectivity index (χ4n) is 0.636. The number of carbonyl (C=O) groups excluding carboxylic acids is 1. The Kier molecular flexibility index (Phi) is 4.18. The minimum absolute atomic E-state index is 0.200. The summed E-state index contributed by atoms with van der Waals surface area (Å²) < 4.78 is 5.05. The van der Waals surface area contributed by atoms with Gasteiger partial charge >= 0.3 is 5.97 Å². The van der Waals surface area contributed by atoms with Crippen molar-refractivity contribution in [1.82, 2.24) is 0 Å². The van der Waals surface area contributed by atoms with Crippen molar-refractivity contribution in [3.05, 3.63) is 12.2 Å². The molecule has 0 N–H and O–H groups in total. The summed E-state index contributed by atoms with van der Waals surface area (Å²) in [5, 5.41) is 0. The average molecular weight is 184 g/mol. The van der Waals surface area contributed by atoms with E-state index in [9.17, 15) is 4.79 Å². The Morgan fingerprint density at radius 1 is 1.38 bits per heavy atom. The first-order valence-electron chi connectivity index (χ1n) is 4.61. The monoisotopic (exact) mass is 184 g/mol. The molecule has 0 bridgehead atoms. The Bertz CT molecular complexity index is 197. The van der Waals surface area contributed by atoms with Gasteiger partial charge in [-0.1, -0.05) is 41.2 Å². The molecule has 0 rings (SSSR count). The van der Waals surface area contributed by atoms with E-state index in [1.165, 1.54) is 0 Å². The highest BCUT2D eigenvalue weighted by atomic mass is 16.5. The third kappa shape index (κ3) is 4.71. The molecule has 0 atom stereocenters. The second-order valence-electron chi connectivity index (χ2n) is 4.72. The number of ether oxygens (including phenoxy) is 1. The quantitative estimate of drug-likeness (QED) is 0.498. The van der Waals surface area contributed by atoms with Crippen LogP contribution in [0.15, 0.2) is 12.2 Å². The number of esters is 1. The highest BCUT2D eigenvalue weighted by Crippen LogP contribution is 2.24. The summed E-state index contributed by atoms with van der Waals surface area (Å²) in [4.78, 5) is 11.4. The third-order valence-electron chi connectivity index (χ3n) is 1.70. The molecule has 0 amide bonds. The van der Waals surface area contributed by atoms with Gasteiger partial charge in [0.15, 0.2) is 0 Å². The van der Waals surface area contributed by atoms with E-state index in [1.807, 2.05) is 34.6 Å². The maximum absolute atomic E-state index is 11.4. The summed E-state index contributed by atoms with van der Waals surface area (Å²) in [6.07, 6.45) is 0. The second kappa shape index (κ2) is 4.45. The van der Waals surface area contributed by atoms with Crippen LogP contribution in [0, 0.1) is 11.3 Å². The van der Waals surface area contributed by atoms with E-state index in [0.29, 0.717) is 18.1 Å². The van der Waals surface area contributed by atoms with E-state index < -0.39 is 0 Å². The van der Waals surface area contributed by atoms with Gasteiger partial charge in [-0.25, -0.2) is 4.79 Å². The van der Waals surface area contributed by atoms with Crippen molar-refractivity contribution in [3.8, 4) is 0 Å². The first-order chi connectivity index (χ1) is 5.75. The molecule has 0 aliphatic carbocycles. The van der Waals surface area contributed by atoms with Gasteiger partial charge in [-0.3, -0.25) is 0 Å². The van der Waals surface area contributed by atoms with Crippen LogP contribution in [-0.2, 0) is 9.53 Å². The number of hydrogen-bond acceptors (Lipinski definition) is 2. The van der Waals surface area contributed by atoms with Crippen molar-refractivity contribution in [2.24, 2.45) is 11.3 Å². The van der Waals surface area contributed by atoms with Gasteiger partial charge in [-0.15, -0.1) is 0 Å². The first-order valence-corrected chi connectivity index (χ1v) is 4.61. The van der Waals surface area contributed by atoms with Crippen LogP contribution in [0.2, 0.25) is 0 Å². The standard InChI is InChI=1S/C11H20O2/c1-8(2)7-13-10(12)9(3)11(4,5)6/h8H,3,7H2,1-2,4-6H3. The Morgan fingerprint density at radius 2 is 1.85 bits per heavy atom. The summed E-state index contributed by atoms with van der Waals surface area (Å²) in [7, 11) is 0. The van der Waals surface area contributed by atoms with Crippen LogP contribution < -0.4 is 0 Å². The predicted molar refractivity (Wildman–Crippen MR) is 54.4 cm³/mol. The van der Waals surface area contributed by atoms with E-state index in [2.05, 4.69) is 6.58 Å². The molecule has 0 unspecified atom stereocenters. The second-order valence-corrected chi connectivity index (χ2v) is 4.72. The molecule has 0 spiro atoms. The largest absolute Gasteiger partial charge is 0.462 e. The zero-order valence-electron chi connectivity index (χ0n) is 9.31. The summed E-state index contributed by atoms with van der Waals surface area (Å²) in [6, 6.07) is 0. The molecule has 0 aliphatic heterocycles. The molecule has 0 aliphatic rings. The van der Waals surface area contributed by atoms with Crippen LogP contribution in [0.5, 0.6) is 0 Å².